The number of likely N-dealkylation sites (N-methyl/N-ethyl adjacent to an activating group) is 1. The molecule has 0 bridgehead atoms. The van der Waals surface area contributed by atoms with Gasteiger partial charge in [-0.3, -0.25) is 0 Å². The molecule has 1 aliphatic carbocycles. The Morgan fingerprint density at radius 2 is 1.79 bits per heavy atom. The summed E-state index contributed by atoms with van der Waals surface area (Å²) in [6.45, 7) is 2.94. The molecule has 0 heterocycles. The summed E-state index contributed by atoms with van der Waals surface area (Å²) in [5.41, 5.74) is 0. The summed E-state index contributed by atoms with van der Waals surface area (Å²) >= 11 is 0. The molecular formula is C15H21F2NO. The molecule has 1 fully saturated rings. The second-order valence-electron chi connectivity index (χ2n) is 5.06. The maximum atomic E-state index is 13.2. The normalized spacial score (nSPS) is 23.9. The lowest BCUT2D eigenvalue weighted by molar-refractivity contribution is 0.144. The highest BCUT2D eigenvalue weighted by Crippen LogP contribution is 2.24. The van der Waals surface area contributed by atoms with Gasteiger partial charge in [-0.1, -0.05) is 19.8 Å². The summed E-state index contributed by atoms with van der Waals surface area (Å²) < 4.78 is 32.2. The minimum Gasteiger partial charge on any atom is -0.489 e. The van der Waals surface area contributed by atoms with Crippen molar-refractivity contribution in [2.24, 2.45) is 0 Å². The van der Waals surface area contributed by atoms with Gasteiger partial charge in [-0.15, -0.1) is 0 Å². The Kier molecular flexibility index (Phi) is 5.14. The Balaban J connectivity index is 2.08. The van der Waals surface area contributed by atoms with Gasteiger partial charge in [0, 0.05) is 24.2 Å². The standard InChI is InChI=1S/C15H21F2NO/c1-2-18-14-6-4-3-5-7-15(14)19-13-9-11(16)8-12(17)10-13/h8-10,14-15,18H,2-7H2,1H3. The van der Waals surface area contributed by atoms with Crippen molar-refractivity contribution in [3.8, 4) is 5.75 Å². The van der Waals surface area contributed by atoms with Crippen LogP contribution in [0.3, 0.4) is 0 Å². The summed E-state index contributed by atoms with van der Waals surface area (Å²) in [6.07, 6.45) is 5.44. The van der Waals surface area contributed by atoms with Gasteiger partial charge in [-0.2, -0.15) is 0 Å². The zero-order valence-electron chi connectivity index (χ0n) is 11.3. The van der Waals surface area contributed by atoms with Gasteiger partial charge < -0.3 is 10.1 Å². The van der Waals surface area contributed by atoms with Gasteiger partial charge in [0.1, 0.15) is 23.5 Å². The van der Waals surface area contributed by atoms with Crippen LogP contribution >= 0.6 is 0 Å². The van der Waals surface area contributed by atoms with E-state index in [1.807, 2.05) is 0 Å². The average Bonchev–Trinajstić information content (AvgIpc) is 2.55. The van der Waals surface area contributed by atoms with Gasteiger partial charge in [0.2, 0.25) is 0 Å². The van der Waals surface area contributed by atoms with E-state index < -0.39 is 11.6 Å². The Bertz CT molecular complexity index is 391. The van der Waals surface area contributed by atoms with E-state index in [9.17, 15) is 8.78 Å². The summed E-state index contributed by atoms with van der Waals surface area (Å²) in [6, 6.07) is 3.62. The first kappa shape index (κ1) is 14.3. The largest absolute Gasteiger partial charge is 0.489 e. The van der Waals surface area contributed by atoms with Crippen molar-refractivity contribution in [2.75, 3.05) is 6.54 Å². The van der Waals surface area contributed by atoms with Crippen LogP contribution < -0.4 is 10.1 Å². The number of nitrogens with one attached hydrogen (secondary N) is 1. The number of benzene rings is 1. The number of ether oxygens (including phenoxy) is 1. The number of hydrogen-bond acceptors (Lipinski definition) is 2. The smallest absolute Gasteiger partial charge is 0.129 e. The van der Waals surface area contributed by atoms with Gasteiger partial charge in [-0.05, 0) is 25.8 Å². The van der Waals surface area contributed by atoms with E-state index >= 15 is 0 Å². The molecule has 0 spiro atoms. The lowest BCUT2D eigenvalue weighted by Gasteiger charge is -2.26. The molecule has 0 saturated heterocycles. The first-order valence-electron chi connectivity index (χ1n) is 7.05. The van der Waals surface area contributed by atoms with E-state index in [0.717, 1.165) is 31.9 Å². The molecule has 106 valence electrons. The van der Waals surface area contributed by atoms with Gasteiger partial charge >= 0.3 is 0 Å². The summed E-state index contributed by atoms with van der Waals surface area (Å²) in [4.78, 5) is 0. The fourth-order valence-electron chi connectivity index (χ4n) is 2.68. The minimum atomic E-state index is -0.594. The maximum Gasteiger partial charge on any atom is 0.129 e. The number of hydrogen-bond donors (Lipinski definition) is 1. The van der Waals surface area contributed by atoms with E-state index in [2.05, 4.69) is 12.2 Å². The Hall–Kier alpha value is -1.16. The molecule has 4 heteroatoms. The van der Waals surface area contributed by atoms with Crippen molar-refractivity contribution >= 4 is 0 Å². The molecule has 0 aromatic heterocycles. The third-order valence-electron chi connectivity index (χ3n) is 3.54. The van der Waals surface area contributed by atoms with Crippen LogP contribution in [-0.2, 0) is 0 Å². The van der Waals surface area contributed by atoms with Crippen LogP contribution in [0.5, 0.6) is 5.75 Å². The Labute approximate surface area is 113 Å². The summed E-state index contributed by atoms with van der Waals surface area (Å²) in [5, 5.41) is 3.41. The third-order valence-corrected chi connectivity index (χ3v) is 3.54. The quantitative estimate of drug-likeness (QED) is 0.842. The second kappa shape index (κ2) is 6.85. The first-order valence-corrected chi connectivity index (χ1v) is 7.05. The number of rotatable bonds is 4. The number of halogens is 2. The molecule has 2 nitrogen and oxygen atoms in total. The highest BCUT2D eigenvalue weighted by Gasteiger charge is 2.24. The highest BCUT2D eigenvalue weighted by molar-refractivity contribution is 5.24. The maximum absolute atomic E-state index is 13.2. The molecule has 1 N–H and O–H groups in total. The molecule has 1 aromatic carbocycles. The van der Waals surface area contributed by atoms with E-state index in [1.165, 1.54) is 25.0 Å². The summed E-state index contributed by atoms with van der Waals surface area (Å²) in [7, 11) is 0. The van der Waals surface area contributed by atoms with Crippen LogP contribution in [0.4, 0.5) is 8.78 Å². The monoisotopic (exact) mass is 269 g/mol. The van der Waals surface area contributed by atoms with Crippen LogP contribution in [0.25, 0.3) is 0 Å². The second-order valence-corrected chi connectivity index (χ2v) is 5.06. The molecule has 0 radical (unpaired) electrons. The van der Waals surface area contributed by atoms with Crippen LogP contribution in [0, 0.1) is 11.6 Å². The van der Waals surface area contributed by atoms with Crippen molar-refractivity contribution in [3.63, 3.8) is 0 Å². The van der Waals surface area contributed by atoms with E-state index in [1.54, 1.807) is 0 Å². The van der Waals surface area contributed by atoms with E-state index in [0.29, 0.717) is 0 Å². The topological polar surface area (TPSA) is 21.3 Å². The molecular weight excluding hydrogens is 248 g/mol. The van der Waals surface area contributed by atoms with E-state index in [4.69, 9.17) is 4.74 Å². The molecule has 1 saturated carbocycles. The molecule has 1 aromatic rings. The van der Waals surface area contributed by atoms with Gasteiger partial charge in [0.05, 0.1) is 0 Å². The SMILES string of the molecule is CCNC1CCCCCC1Oc1cc(F)cc(F)c1. The lowest BCUT2D eigenvalue weighted by Crippen LogP contribution is -2.42. The van der Waals surface area contributed by atoms with Gasteiger partial charge in [0.15, 0.2) is 0 Å². The van der Waals surface area contributed by atoms with Crippen molar-refractivity contribution in [1.29, 1.82) is 0 Å². The van der Waals surface area contributed by atoms with Gasteiger partial charge in [-0.25, -0.2) is 8.78 Å². The van der Waals surface area contributed by atoms with Crippen LogP contribution in [0.15, 0.2) is 18.2 Å². The fourth-order valence-corrected chi connectivity index (χ4v) is 2.68. The van der Waals surface area contributed by atoms with Crippen LogP contribution in [-0.4, -0.2) is 18.7 Å². The predicted octanol–water partition coefficient (Wildman–Crippen LogP) is 3.65. The molecule has 2 atom stereocenters. The van der Waals surface area contributed by atoms with Crippen molar-refractivity contribution < 1.29 is 13.5 Å². The molecule has 0 aliphatic heterocycles. The zero-order chi connectivity index (χ0) is 13.7. The molecule has 19 heavy (non-hydrogen) atoms. The van der Waals surface area contributed by atoms with Crippen LogP contribution in [0.1, 0.15) is 39.0 Å². The summed E-state index contributed by atoms with van der Waals surface area (Å²) in [5.74, 6) is -0.903. The fraction of sp³-hybridized carbons (Fsp3) is 0.600. The first-order chi connectivity index (χ1) is 9.19. The predicted molar refractivity (Wildman–Crippen MR) is 71.3 cm³/mol. The Morgan fingerprint density at radius 3 is 2.47 bits per heavy atom. The lowest BCUT2D eigenvalue weighted by atomic mass is 10.1. The average molecular weight is 269 g/mol. The van der Waals surface area contributed by atoms with Crippen molar-refractivity contribution in [2.45, 2.75) is 51.2 Å². The minimum absolute atomic E-state index is 0.0105. The molecule has 0 amide bonds. The third kappa shape index (κ3) is 4.16. The molecule has 2 unspecified atom stereocenters. The van der Waals surface area contributed by atoms with Crippen molar-refractivity contribution in [3.05, 3.63) is 29.8 Å². The highest BCUT2D eigenvalue weighted by atomic mass is 19.1. The zero-order valence-corrected chi connectivity index (χ0v) is 11.3. The molecule has 2 rings (SSSR count). The molecule has 1 aliphatic rings. The van der Waals surface area contributed by atoms with E-state index in [-0.39, 0.29) is 17.9 Å². The Morgan fingerprint density at radius 1 is 1.11 bits per heavy atom. The van der Waals surface area contributed by atoms with Crippen molar-refractivity contribution in [1.82, 2.24) is 5.32 Å². The van der Waals surface area contributed by atoms with Crippen LogP contribution in [0.2, 0.25) is 0 Å². The van der Waals surface area contributed by atoms with Gasteiger partial charge in [0.25, 0.3) is 0 Å².